The van der Waals surface area contributed by atoms with Crippen molar-refractivity contribution >= 4 is 0 Å². The lowest BCUT2D eigenvalue weighted by Crippen LogP contribution is -2.46. The molecule has 0 N–H and O–H groups in total. The number of hydrogen-bond donors (Lipinski definition) is 0. The predicted molar refractivity (Wildman–Crippen MR) is 103 cm³/mol. The first kappa shape index (κ1) is 16.0. The van der Waals surface area contributed by atoms with Crippen LogP contribution in [-0.2, 0) is 9.47 Å². The molecule has 0 aromatic heterocycles. The van der Waals surface area contributed by atoms with Crippen molar-refractivity contribution in [1.29, 1.82) is 0 Å². The maximum atomic E-state index is 6.52. The van der Waals surface area contributed by atoms with E-state index in [4.69, 9.17) is 9.47 Å². The zero-order valence-corrected chi connectivity index (χ0v) is 16.6. The summed E-state index contributed by atoms with van der Waals surface area (Å²) in [5.74, 6) is 2.75. The summed E-state index contributed by atoms with van der Waals surface area (Å²) in [5.41, 5.74) is 4.45. The van der Waals surface area contributed by atoms with Gasteiger partial charge in [0, 0.05) is 17.3 Å². The van der Waals surface area contributed by atoms with Gasteiger partial charge in [-0.3, -0.25) is 0 Å². The molecule has 6 aliphatic rings. The van der Waals surface area contributed by atoms with Gasteiger partial charge in [-0.25, -0.2) is 0 Å². The quantitative estimate of drug-likeness (QED) is 0.469. The number of hydrogen-bond acceptors (Lipinski definition) is 2. The third-order valence-corrected chi connectivity index (χ3v) is 9.33. The minimum Gasteiger partial charge on any atom is -0.498 e. The van der Waals surface area contributed by atoms with Crippen molar-refractivity contribution in [2.24, 2.45) is 22.7 Å². The molecule has 0 aromatic carbocycles. The highest BCUT2D eigenvalue weighted by Gasteiger charge is 2.85. The molecule has 2 spiro atoms. The first-order chi connectivity index (χ1) is 12.5. The molecule has 2 nitrogen and oxygen atoms in total. The molecule has 0 bridgehead atoms. The van der Waals surface area contributed by atoms with E-state index in [0.29, 0.717) is 11.0 Å². The van der Waals surface area contributed by atoms with Crippen molar-refractivity contribution < 1.29 is 9.47 Å². The Morgan fingerprint density at radius 1 is 1.15 bits per heavy atom. The molecule has 2 saturated carbocycles. The summed E-state index contributed by atoms with van der Waals surface area (Å²) in [4.78, 5) is 0. The number of rotatable bonds is 2. The highest BCUT2D eigenvalue weighted by Crippen LogP contribution is 2.80. The first-order valence-corrected chi connectivity index (χ1v) is 10.9. The minimum absolute atomic E-state index is 0.238. The van der Waals surface area contributed by atoms with Gasteiger partial charge in [0.05, 0.1) is 18.0 Å². The van der Waals surface area contributed by atoms with Crippen LogP contribution in [0.25, 0.3) is 0 Å². The van der Waals surface area contributed by atoms with Crippen LogP contribution in [0.4, 0.5) is 0 Å². The van der Waals surface area contributed by atoms with Crippen LogP contribution in [0.15, 0.2) is 35.1 Å². The van der Waals surface area contributed by atoms with E-state index in [1.165, 1.54) is 56.3 Å². The molecular formula is C24H32O2. The zero-order chi connectivity index (χ0) is 17.8. The highest BCUT2D eigenvalue weighted by atomic mass is 16.6. The van der Waals surface area contributed by atoms with E-state index >= 15 is 0 Å². The summed E-state index contributed by atoms with van der Waals surface area (Å²) in [5, 5.41) is 0. The summed E-state index contributed by atoms with van der Waals surface area (Å²) >= 11 is 0. The lowest BCUT2D eigenvalue weighted by Gasteiger charge is -2.52. The standard InChI is InChI=1S/C24H32O2/c1-4-25-17-7-10-21(2)16(15-17)5-6-18-19(21)8-11-22(3)20(18)9-12-24(22)23(26-24)13-14-23/h5,8,15,18,20H,4,6-7,9-14H2,1-3H3/t18?,20?,21-,22-,24-/m0/s1. The first-order valence-electron chi connectivity index (χ1n) is 10.9. The number of ether oxygens (including phenoxy) is 2. The fourth-order valence-corrected chi connectivity index (χ4v) is 7.75. The van der Waals surface area contributed by atoms with Gasteiger partial charge in [-0.1, -0.05) is 31.6 Å². The van der Waals surface area contributed by atoms with Gasteiger partial charge >= 0.3 is 0 Å². The third kappa shape index (κ3) is 1.65. The van der Waals surface area contributed by atoms with E-state index in [2.05, 4.69) is 39.0 Å². The summed E-state index contributed by atoms with van der Waals surface area (Å²) < 4.78 is 12.4. The van der Waals surface area contributed by atoms with E-state index < -0.39 is 0 Å². The normalized spacial score (nSPS) is 49.6. The van der Waals surface area contributed by atoms with Crippen LogP contribution in [0.5, 0.6) is 0 Å². The van der Waals surface area contributed by atoms with Crippen molar-refractivity contribution in [2.45, 2.75) is 83.3 Å². The van der Waals surface area contributed by atoms with Crippen molar-refractivity contribution in [2.75, 3.05) is 6.61 Å². The van der Waals surface area contributed by atoms with Gasteiger partial charge in [0.15, 0.2) is 0 Å². The van der Waals surface area contributed by atoms with Crippen LogP contribution in [0.2, 0.25) is 0 Å². The summed E-state index contributed by atoms with van der Waals surface area (Å²) in [6.07, 6.45) is 17.7. The van der Waals surface area contributed by atoms with Crippen LogP contribution < -0.4 is 0 Å². The van der Waals surface area contributed by atoms with Crippen molar-refractivity contribution in [3.63, 3.8) is 0 Å². The highest BCUT2D eigenvalue weighted by molar-refractivity contribution is 5.47. The van der Waals surface area contributed by atoms with E-state index in [9.17, 15) is 0 Å². The molecule has 1 heterocycles. The molecule has 1 aliphatic heterocycles. The van der Waals surface area contributed by atoms with Gasteiger partial charge < -0.3 is 9.47 Å². The molecule has 1 saturated heterocycles. The fraction of sp³-hybridized carbons (Fsp3) is 0.750. The molecular weight excluding hydrogens is 320 g/mol. The molecule has 2 heteroatoms. The number of allylic oxidation sites excluding steroid dienone is 6. The summed E-state index contributed by atoms with van der Waals surface area (Å²) in [6, 6.07) is 0. The van der Waals surface area contributed by atoms with Crippen molar-refractivity contribution in [3.05, 3.63) is 35.1 Å². The second kappa shape index (κ2) is 4.69. The van der Waals surface area contributed by atoms with Gasteiger partial charge in [-0.05, 0) is 75.4 Å². The van der Waals surface area contributed by atoms with Gasteiger partial charge in [-0.2, -0.15) is 0 Å². The van der Waals surface area contributed by atoms with Gasteiger partial charge in [0.25, 0.3) is 0 Å². The Labute approximate surface area is 157 Å². The Morgan fingerprint density at radius 3 is 2.73 bits per heavy atom. The van der Waals surface area contributed by atoms with Crippen LogP contribution in [0, 0.1) is 22.7 Å². The van der Waals surface area contributed by atoms with Crippen molar-refractivity contribution in [3.8, 4) is 0 Å². The zero-order valence-electron chi connectivity index (χ0n) is 16.6. The SMILES string of the molecule is CCOC1=CC2=CCC3C(=CC[C@@]4(C)C3CC[C@]43OC34CC4)[C@@]2(C)CC1. The molecule has 2 unspecified atom stereocenters. The Kier molecular flexibility index (Phi) is 2.88. The van der Waals surface area contributed by atoms with Gasteiger partial charge in [-0.15, -0.1) is 0 Å². The number of epoxide rings is 1. The van der Waals surface area contributed by atoms with Crippen LogP contribution in [0.3, 0.4) is 0 Å². The molecule has 5 aliphatic carbocycles. The van der Waals surface area contributed by atoms with Crippen LogP contribution in [0.1, 0.15) is 72.1 Å². The topological polar surface area (TPSA) is 21.8 Å². The summed E-state index contributed by atoms with van der Waals surface area (Å²) in [7, 11) is 0. The number of fused-ring (bicyclic) bond motifs is 7. The predicted octanol–water partition coefficient (Wildman–Crippen LogP) is 5.70. The van der Waals surface area contributed by atoms with E-state index in [0.717, 1.165) is 24.9 Å². The van der Waals surface area contributed by atoms with Gasteiger partial charge in [0.1, 0.15) is 5.60 Å². The molecule has 6 rings (SSSR count). The lowest BCUT2D eigenvalue weighted by atomic mass is 9.52. The average Bonchev–Trinajstić information content (AvgIpc) is 3.51. The Balaban J connectivity index is 1.37. The molecule has 3 fully saturated rings. The van der Waals surface area contributed by atoms with E-state index in [-0.39, 0.29) is 11.0 Å². The fourth-order valence-electron chi connectivity index (χ4n) is 7.75. The van der Waals surface area contributed by atoms with Gasteiger partial charge in [0.2, 0.25) is 0 Å². The van der Waals surface area contributed by atoms with Crippen molar-refractivity contribution in [1.82, 2.24) is 0 Å². The Bertz CT molecular complexity index is 769. The molecule has 26 heavy (non-hydrogen) atoms. The van der Waals surface area contributed by atoms with Crippen LogP contribution >= 0.6 is 0 Å². The smallest absolute Gasteiger partial charge is 0.104 e. The summed E-state index contributed by atoms with van der Waals surface area (Å²) in [6.45, 7) is 7.94. The Hall–Kier alpha value is -1.02. The lowest BCUT2D eigenvalue weighted by molar-refractivity contribution is 0.0676. The molecule has 0 amide bonds. The van der Waals surface area contributed by atoms with Crippen LogP contribution in [-0.4, -0.2) is 17.8 Å². The van der Waals surface area contributed by atoms with E-state index in [1.807, 2.05) is 0 Å². The minimum atomic E-state index is 0.238. The molecule has 5 atom stereocenters. The molecule has 140 valence electrons. The maximum Gasteiger partial charge on any atom is 0.104 e. The second-order valence-electron chi connectivity index (χ2n) is 10.2. The monoisotopic (exact) mass is 352 g/mol. The Morgan fingerprint density at radius 2 is 2.00 bits per heavy atom. The third-order valence-electron chi connectivity index (χ3n) is 9.33. The maximum absolute atomic E-state index is 6.52. The average molecular weight is 353 g/mol. The molecule has 0 aromatic rings. The van der Waals surface area contributed by atoms with E-state index in [1.54, 1.807) is 5.57 Å². The largest absolute Gasteiger partial charge is 0.498 e. The molecule has 0 radical (unpaired) electrons. The second-order valence-corrected chi connectivity index (χ2v) is 10.2.